The second-order valence-electron chi connectivity index (χ2n) is 5.92. The van der Waals surface area contributed by atoms with Gasteiger partial charge >= 0.3 is 6.18 Å². The molecule has 0 aromatic carbocycles. The van der Waals surface area contributed by atoms with Crippen molar-refractivity contribution >= 4 is 23.1 Å². The zero-order valence-corrected chi connectivity index (χ0v) is 15.3. The Bertz CT molecular complexity index is 688. The van der Waals surface area contributed by atoms with E-state index in [1.54, 1.807) is 36.9 Å². The van der Waals surface area contributed by atoms with E-state index in [1.807, 2.05) is 6.07 Å². The Morgan fingerprint density at radius 2 is 2.00 bits per heavy atom. The molecular formula is C18H24F3N4O2+. The van der Waals surface area contributed by atoms with Crippen molar-refractivity contribution in [2.75, 3.05) is 6.54 Å². The van der Waals surface area contributed by atoms with Crippen LogP contribution in [0, 0.1) is 5.41 Å². The SMILES string of the molecule is CCN(C(=O)CCC(=O)CCC(F)(F)F)/C(=C/[NH2+]c1cccnc1)C(C)=N. The monoisotopic (exact) mass is 385 g/mol. The molecule has 0 atom stereocenters. The van der Waals surface area contributed by atoms with Crippen molar-refractivity contribution in [3.8, 4) is 0 Å². The lowest BCUT2D eigenvalue weighted by Crippen LogP contribution is -2.72. The zero-order valence-electron chi connectivity index (χ0n) is 15.3. The third kappa shape index (κ3) is 8.59. The summed E-state index contributed by atoms with van der Waals surface area (Å²) in [7, 11) is 0. The van der Waals surface area contributed by atoms with Gasteiger partial charge in [0.05, 0.1) is 18.3 Å². The molecule has 1 amide bonds. The number of nitrogens with zero attached hydrogens (tertiary/aromatic N) is 2. The zero-order chi connectivity index (χ0) is 20.4. The van der Waals surface area contributed by atoms with Crippen LogP contribution in [0.25, 0.3) is 0 Å². The van der Waals surface area contributed by atoms with Gasteiger partial charge < -0.3 is 10.3 Å². The number of carbonyl (C=O) groups is 2. The molecule has 0 saturated heterocycles. The number of quaternary nitrogens is 1. The molecule has 0 fully saturated rings. The van der Waals surface area contributed by atoms with Gasteiger partial charge in [0.1, 0.15) is 17.7 Å². The summed E-state index contributed by atoms with van der Waals surface area (Å²) in [6.45, 7) is 3.54. The van der Waals surface area contributed by atoms with Crippen molar-refractivity contribution in [3.63, 3.8) is 0 Å². The average Bonchev–Trinajstić information content (AvgIpc) is 2.61. The van der Waals surface area contributed by atoms with E-state index >= 15 is 0 Å². The topological polar surface area (TPSA) is 90.7 Å². The number of carbonyl (C=O) groups excluding carboxylic acids is 2. The lowest BCUT2D eigenvalue weighted by molar-refractivity contribution is -0.497. The third-order valence-corrected chi connectivity index (χ3v) is 3.72. The molecule has 6 nitrogen and oxygen atoms in total. The molecular weight excluding hydrogens is 361 g/mol. The van der Waals surface area contributed by atoms with E-state index in [2.05, 4.69) is 4.98 Å². The fourth-order valence-electron chi connectivity index (χ4n) is 2.34. The number of ketones is 1. The number of hydrogen-bond acceptors (Lipinski definition) is 4. The van der Waals surface area contributed by atoms with Crippen LogP contribution in [0.15, 0.2) is 36.4 Å². The Kier molecular flexibility index (Phi) is 8.80. The summed E-state index contributed by atoms with van der Waals surface area (Å²) in [4.78, 5) is 29.3. The molecule has 0 saturated carbocycles. The molecule has 148 valence electrons. The molecule has 0 unspecified atom stereocenters. The van der Waals surface area contributed by atoms with E-state index < -0.39 is 30.7 Å². The highest BCUT2D eigenvalue weighted by Gasteiger charge is 2.28. The van der Waals surface area contributed by atoms with Gasteiger partial charge in [0, 0.05) is 38.1 Å². The van der Waals surface area contributed by atoms with Crippen LogP contribution in [-0.4, -0.2) is 40.0 Å². The standard InChI is InChI=1S/C18H23F3N4O2/c1-3-25(17(27)7-6-15(26)8-9-18(19,20)21)16(13(2)22)12-24-14-5-4-10-23-11-14/h4-5,10-12,22,24H,3,6-9H2,1-2H3/p+1/b16-12+,22-13?. The summed E-state index contributed by atoms with van der Waals surface area (Å²) in [5.74, 6) is -1.01. The van der Waals surface area contributed by atoms with Gasteiger partial charge in [0.25, 0.3) is 0 Å². The molecule has 0 spiro atoms. The van der Waals surface area contributed by atoms with Crippen LogP contribution in [0.2, 0.25) is 0 Å². The summed E-state index contributed by atoms with van der Waals surface area (Å²) in [5, 5.41) is 9.62. The Hall–Kier alpha value is -2.55. The number of pyridine rings is 1. The summed E-state index contributed by atoms with van der Waals surface area (Å²) in [5.41, 5.74) is 1.32. The van der Waals surface area contributed by atoms with Crippen molar-refractivity contribution in [1.29, 1.82) is 5.41 Å². The van der Waals surface area contributed by atoms with Crippen LogP contribution in [-0.2, 0) is 9.59 Å². The fraction of sp³-hybridized carbons (Fsp3) is 0.444. The normalized spacial score (nSPS) is 12.0. The lowest BCUT2D eigenvalue weighted by Gasteiger charge is -2.22. The van der Waals surface area contributed by atoms with Crippen LogP contribution in [0.1, 0.15) is 39.5 Å². The molecule has 1 rings (SSSR count). The summed E-state index contributed by atoms with van der Waals surface area (Å²) in [6.07, 6.45) is -1.75. The van der Waals surface area contributed by atoms with E-state index in [0.29, 0.717) is 5.70 Å². The molecule has 1 aromatic heterocycles. The maximum absolute atomic E-state index is 12.4. The van der Waals surface area contributed by atoms with E-state index in [9.17, 15) is 22.8 Å². The number of halogens is 3. The maximum atomic E-state index is 12.4. The van der Waals surface area contributed by atoms with Gasteiger partial charge in [-0.3, -0.25) is 19.9 Å². The van der Waals surface area contributed by atoms with Crippen molar-refractivity contribution in [3.05, 3.63) is 36.4 Å². The number of allylic oxidation sites excluding steroid dienone is 1. The maximum Gasteiger partial charge on any atom is 0.389 e. The second kappa shape index (κ2) is 10.6. The molecule has 0 aliphatic carbocycles. The van der Waals surface area contributed by atoms with Crippen LogP contribution in [0.5, 0.6) is 0 Å². The number of aromatic nitrogens is 1. The molecule has 1 heterocycles. The van der Waals surface area contributed by atoms with Gasteiger partial charge in [-0.1, -0.05) is 0 Å². The van der Waals surface area contributed by atoms with Crippen LogP contribution in [0.3, 0.4) is 0 Å². The Labute approximate surface area is 156 Å². The molecule has 1 aromatic rings. The number of Topliss-reactive ketones (excluding diaryl/α,β-unsaturated/α-hetero) is 1. The first-order chi connectivity index (χ1) is 12.6. The predicted octanol–water partition coefficient (Wildman–Crippen LogP) is 2.70. The average molecular weight is 385 g/mol. The molecule has 27 heavy (non-hydrogen) atoms. The molecule has 3 N–H and O–H groups in total. The van der Waals surface area contributed by atoms with E-state index in [1.165, 1.54) is 11.8 Å². The number of nitrogens with two attached hydrogens (primary N) is 1. The Balaban J connectivity index is 2.72. The van der Waals surface area contributed by atoms with Gasteiger partial charge in [0.15, 0.2) is 5.69 Å². The summed E-state index contributed by atoms with van der Waals surface area (Å²) >= 11 is 0. The minimum absolute atomic E-state index is 0.161. The highest BCUT2D eigenvalue weighted by molar-refractivity contribution is 5.99. The molecule has 9 heteroatoms. The Morgan fingerprint density at radius 1 is 1.30 bits per heavy atom. The van der Waals surface area contributed by atoms with Gasteiger partial charge in [-0.05, 0) is 19.9 Å². The van der Waals surface area contributed by atoms with Gasteiger partial charge in [-0.15, -0.1) is 0 Å². The van der Waals surface area contributed by atoms with E-state index in [0.717, 1.165) is 5.69 Å². The minimum Gasteiger partial charge on any atom is -0.307 e. The lowest BCUT2D eigenvalue weighted by atomic mass is 10.1. The largest absolute Gasteiger partial charge is 0.389 e. The first-order valence-electron chi connectivity index (χ1n) is 8.53. The van der Waals surface area contributed by atoms with Gasteiger partial charge in [0.2, 0.25) is 5.91 Å². The van der Waals surface area contributed by atoms with Crippen molar-refractivity contribution in [1.82, 2.24) is 9.88 Å². The summed E-state index contributed by atoms with van der Waals surface area (Å²) < 4.78 is 36.5. The van der Waals surface area contributed by atoms with Crippen LogP contribution >= 0.6 is 0 Å². The summed E-state index contributed by atoms with van der Waals surface area (Å²) in [6, 6.07) is 3.57. The quantitative estimate of drug-likeness (QED) is 0.607. The van der Waals surface area contributed by atoms with Crippen molar-refractivity contribution in [2.45, 2.75) is 45.7 Å². The molecule has 0 aliphatic heterocycles. The van der Waals surface area contributed by atoms with Crippen LogP contribution in [0.4, 0.5) is 18.9 Å². The van der Waals surface area contributed by atoms with Gasteiger partial charge in [-0.25, -0.2) is 0 Å². The Morgan fingerprint density at radius 3 is 2.52 bits per heavy atom. The van der Waals surface area contributed by atoms with Crippen molar-refractivity contribution < 1.29 is 28.1 Å². The highest BCUT2D eigenvalue weighted by atomic mass is 19.4. The van der Waals surface area contributed by atoms with Crippen LogP contribution < -0.4 is 5.32 Å². The number of alkyl halides is 3. The smallest absolute Gasteiger partial charge is 0.307 e. The number of nitrogens with one attached hydrogen (secondary N) is 1. The molecule has 0 aliphatic rings. The predicted molar refractivity (Wildman–Crippen MR) is 94.2 cm³/mol. The third-order valence-electron chi connectivity index (χ3n) is 3.72. The number of rotatable bonds is 10. The molecule has 0 bridgehead atoms. The molecule has 0 radical (unpaired) electrons. The number of amides is 1. The fourth-order valence-corrected chi connectivity index (χ4v) is 2.34. The first kappa shape index (κ1) is 22.5. The van der Waals surface area contributed by atoms with Crippen molar-refractivity contribution in [2.24, 2.45) is 0 Å². The minimum atomic E-state index is -4.38. The van der Waals surface area contributed by atoms with Gasteiger partial charge in [-0.2, -0.15) is 13.2 Å². The van der Waals surface area contributed by atoms with E-state index in [-0.39, 0.29) is 25.1 Å². The number of hydrogen-bond donors (Lipinski definition) is 2. The second-order valence-corrected chi connectivity index (χ2v) is 5.92. The highest BCUT2D eigenvalue weighted by Crippen LogP contribution is 2.22. The first-order valence-corrected chi connectivity index (χ1v) is 8.53. The van der Waals surface area contributed by atoms with E-state index in [4.69, 9.17) is 5.41 Å².